The fourth-order valence-corrected chi connectivity index (χ4v) is 1.74. The summed E-state index contributed by atoms with van der Waals surface area (Å²) in [6.07, 6.45) is 2.46. The van der Waals surface area contributed by atoms with Crippen LogP contribution in [0.1, 0.15) is 24.8 Å². The zero-order valence-corrected chi connectivity index (χ0v) is 8.63. The first-order valence-corrected chi connectivity index (χ1v) is 5.08. The van der Waals surface area contributed by atoms with Gasteiger partial charge in [-0.2, -0.15) is 10.5 Å². The van der Waals surface area contributed by atoms with Crippen LogP contribution < -0.4 is 5.32 Å². The average Bonchev–Trinajstić information content (AvgIpc) is 2.25. The lowest BCUT2D eigenvalue weighted by molar-refractivity contribution is 0.355. The molecule has 0 heterocycles. The van der Waals surface area contributed by atoms with Crippen molar-refractivity contribution in [1.29, 1.82) is 10.5 Å². The van der Waals surface area contributed by atoms with Crippen LogP contribution in [0, 0.1) is 28.5 Å². The fourth-order valence-electron chi connectivity index (χ4n) is 1.74. The van der Waals surface area contributed by atoms with E-state index in [2.05, 4.69) is 11.4 Å². The van der Waals surface area contributed by atoms with Crippen LogP contribution in [0.15, 0.2) is 18.2 Å². The van der Waals surface area contributed by atoms with Crippen LogP contribution >= 0.6 is 0 Å². The third kappa shape index (κ3) is 1.70. The summed E-state index contributed by atoms with van der Waals surface area (Å²) in [7, 11) is 0. The second kappa shape index (κ2) is 3.83. The van der Waals surface area contributed by atoms with E-state index in [1.165, 1.54) is 18.2 Å². The minimum atomic E-state index is -0.616. The lowest BCUT2D eigenvalue weighted by Gasteiger charge is -2.36. The van der Waals surface area contributed by atoms with Gasteiger partial charge < -0.3 is 5.32 Å². The molecule has 1 saturated carbocycles. The topological polar surface area (TPSA) is 59.6 Å². The summed E-state index contributed by atoms with van der Waals surface area (Å²) in [4.78, 5) is 0. The Balaban J connectivity index is 2.23. The predicted molar refractivity (Wildman–Crippen MR) is 56.9 cm³/mol. The summed E-state index contributed by atoms with van der Waals surface area (Å²) in [5.74, 6) is -0.486. The van der Waals surface area contributed by atoms with Gasteiger partial charge in [-0.05, 0) is 37.5 Å². The van der Waals surface area contributed by atoms with Crippen molar-refractivity contribution in [2.24, 2.45) is 0 Å². The number of nitrogens with one attached hydrogen (secondary N) is 1. The number of hydrogen-bond donors (Lipinski definition) is 1. The van der Waals surface area contributed by atoms with E-state index in [4.69, 9.17) is 10.5 Å². The van der Waals surface area contributed by atoms with Crippen LogP contribution in [0.2, 0.25) is 0 Å². The number of benzene rings is 1. The van der Waals surface area contributed by atoms with Gasteiger partial charge in [-0.25, -0.2) is 4.39 Å². The molecule has 0 aromatic heterocycles. The third-order valence-corrected chi connectivity index (χ3v) is 2.89. The number of nitriles is 2. The monoisotopic (exact) mass is 215 g/mol. The fraction of sp³-hybridized carbons (Fsp3) is 0.333. The zero-order valence-electron chi connectivity index (χ0n) is 8.63. The number of anilines is 1. The molecular formula is C12H10FN3. The van der Waals surface area contributed by atoms with Gasteiger partial charge >= 0.3 is 0 Å². The van der Waals surface area contributed by atoms with Crippen molar-refractivity contribution in [3.63, 3.8) is 0 Å². The van der Waals surface area contributed by atoms with Crippen LogP contribution in [0.5, 0.6) is 0 Å². The van der Waals surface area contributed by atoms with Crippen molar-refractivity contribution >= 4 is 5.69 Å². The molecule has 0 unspecified atom stereocenters. The Morgan fingerprint density at radius 2 is 2.06 bits per heavy atom. The van der Waals surface area contributed by atoms with E-state index >= 15 is 0 Å². The normalized spacial score (nSPS) is 16.7. The first-order valence-electron chi connectivity index (χ1n) is 5.08. The molecule has 2 rings (SSSR count). The summed E-state index contributed by atoms with van der Waals surface area (Å²) >= 11 is 0. The number of hydrogen-bond acceptors (Lipinski definition) is 3. The first-order chi connectivity index (χ1) is 7.69. The molecule has 16 heavy (non-hydrogen) atoms. The lowest BCUT2D eigenvalue weighted by atomic mass is 9.78. The van der Waals surface area contributed by atoms with Gasteiger partial charge in [0.05, 0.1) is 23.4 Å². The van der Waals surface area contributed by atoms with Crippen molar-refractivity contribution in [2.75, 3.05) is 5.32 Å². The van der Waals surface area contributed by atoms with E-state index in [-0.39, 0.29) is 5.56 Å². The summed E-state index contributed by atoms with van der Waals surface area (Å²) < 4.78 is 13.5. The molecule has 1 aromatic rings. The standard InChI is InChI=1S/C12H10FN3/c13-10-6-9(7-14)2-3-11(10)16-12(8-15)4-1-5-12/h2-3,6,16H,1,4-5H2. The Hall–Kier alpha value is -2.07. The highest BCUT2D eigenvalue weighted by Crippen LogP contribution is 2.35. The number of rotatable bonds is 2. The molecule has 80 valence electrons. The van der Waals surface area contributed by atoms with Gasteiger partial charge in [0.1, 0.15) is 11.4 Å². The van der Waals surface area contributed by atoms with Crippen LogP contribution in [0.3, 0.4) is 0 Å². The summed E-state index contributed by atoms with van der Waals surface area (Å²) in [5, 5.41) is 20.5. The highest BCUT2D eigenvalue weighted by molar-refractivity contribution is 5.52. The third-order valence-electron chi connectivity index (χ3n) is 2.89. The van der Waals surface area contributed by atoms with Crippen molar-refractivity contribution in [1.82, 2.24) is 0 Å². The highest BCUT2D eigenvalue weighted by atomic mass is 19.1. The maximum atomic E-state index is 13.5. The van der Waals surface area contributed by atoms with Crippen LogP contribution in [0.25, 0.3) is 0 Å². The zero-order chi connectivity index (χ0) is 11.6. The van der Waals surface area contributed by atoms with E-state index in [1.807, 2.05) is 6.07 Å². The molecule has 1 fully saturated rings. The molecule has 1 aliphatic carbocycles. The molecule has 0 saturated heterocycles. The molecule has 1 aliphatic rings. The molecule has 0 aliphatic heterocycles. The first kappa shape index (κ1) is 10.4. The molecule has 0 amide bonds. The Kier molecular flexibility index (Phi) is 2.50. The van der Waals surface area contributed by atoms with Gasteiger partial charge in [-0.15, -0.1) is 0 Å². The molecule has 0 atom stereocenters. The Bertz CT molecular complexity index is 492. The largest absolute Gasteiger partial charge is 0.365 e. The minimum Gasteiger partial charge on any atom is -0.365 e. The Labute approximate surface area is 93.1 Å². The number of halogens is 1. The van der Waals surface area contributed by atoms with E-state index < -0.39 is 11.4 Å². The van der Waals surface area contributed by atoms with Crippen LogP contribution in [-0.4, -0.2) is 5.54 Å². The molecule has 4 heteroatoms. The molecular weight excluding hydrogens is 205 g/mol. The summed E-state index contributed by atoms with van der Waals surface area (Å²) in [5.41, 5.74) is -0.0439. The summed E-state index contributed by atoms with van der Waals surface area (Å²) in [6, 6.07) is 8.26. The van der Waals surface area contributed by atoms with E-state index in [0.717, 1.165) is 19.3 Å². The van der Waals surface area contributed by atoms with E-state index in [9.17, 15) is 4.39 Å². The van der Waals surface area contributed by atoms with Gasteiger partial charge in [0.15, 0.2) is 0 Å². The van der Waals surface area contributed by atoms with Gasteiger partial charge in [-0.1, -0.05) is 0 Å². The second-order valence-electron chi connectivity index (χ2n) is 3.98. The Morgan fingerprint density at radius 3 is 2.50 bits per heavy atom. The predicted octanol–water partition coefficient (Wildman–Crippen LogP) is 2.56. The maximum Gasteiger partial charge on any atom is 0.147 e. The van der Waals surface area contributed by atoms with Gasteiger partial charge in [0, 0.05) is 0 Å². The smallest absolute Gasteiger partial charge is 0.147 e. The van der Waals surface area contributed by atoms with Gasteiger partial charge in [0.25, 0.3) is 0 Å². The van der Waals surface area contributed by atoms with Crippen LogP contribution in [-0.2, 0) is 0 Å². The van der Waals surface area contributed by atoms with Crippen LogP contribution in [0.4, 0.5) is 10.1 Å². The van der Waals surface area contributed by atoms with E-state index in [1.54, 1.807) is 0 Å². The average molecular weight is 215 g/mol. The van der Waals surface area contributed by atoms with Gasteiger partial charge in [-0.3, -0.25) is 0 Å². The van der Waals surface area contributed by atoms with Crippen molar-refractivity contribution in [3.05, 3.63) is 29.6 Å². The SMILES string of the molecule is N#Cc1ccc(NC2(C#N)CCC2)c(F)c1. The molecule has 1 N–H and O–H groups in total. The highest BCUT2D eigenvalue weighted by Gasteiger charge is 2.37. The second-order valence-corrected chi connectivity index (χ2v) is 3.98. The Morgan fingerprint density at radius 1 is 1.31 bits per heavy atom. The molecule has 1 aromatic carbocycles. The molecule has 3 nitrogen and oxygen atoms in total. The number of nitrogens with zero attached hydrogens (tertiary/aromatic N) is 2. The minimum absolute atomic E-state index is 0.280. The molecule has 0 radical (unpaired) electrons. The lowest BCUT2D eigenvalue weighted by Crippen LogP contribution is -2.43. The van der Waals surface area contributed by atoms with E-state index in [0.29, 0.717) is 5.69 Å². The van der Waals surface area contributed by atoms with Crippen molar-refractivity contribution in [2.45, 2.75) is 24.8 Å². The van der Waals surface area contributed by atoms with Crippen molar-refractivity contribution in [3.8, 4) is 12.1 Å². The molecule has 0 bridgehead atoms. The van der Waals surface area contributed by atoms with Crippen molar-refractivity contribution < 1.29 is 4.39 Å². The maximum absolute atomic E-state index is 13.5. The quantitative estimate of drug-likeness (QED) is 0.824. The van der Waals surface area contributed by atoms with Gasteiger partial charge in [0.2, 0.25) is 0 Å². The molecule has 0 spiro atoms. The summed E-state index contributed by atoms with van der Waals surface area (Å²) in [6.45, 7) is 0.